The number of carbonyl (C=O) groups is 3. The smallest absolute Gasteiger partial charge is 0.310 e. The molecule has 6 atom stereocenters. The SMILES string of the molecule is CCOC(=O)[C@H]1[C@@H]2C(=O)N([C@H](C)CO)[C@H](C(=O)Nc3cc(C)ccc3C)[C@H]2C=C[C@H]1C. The van der Waals surface area contributed by atoms with E-state index in [0.29, 0.717) is 5.69 Å². The van der Waals surface area contributed by atoms with E-state index in [-0.39, 0.29) is 30.9 Å². The molecule has 1 aromatic carbocycles. The van der Waals surface area contributed by atoms with Gasteiger partial charge >= 0.3 is 5.97 Å². The van der Waals surface area contributed by atoms with E-state index in [1.54, 1.807) is 13.8 Å². The molecule has 2 N–H and O–H groups in total. The average Bonchev–Trinajstić information content (AvgIpc) is 3.02. The van der Waals surface area contributed by atoms with Gasteiger partial charge in [0.1, 0.15) is 6.04 Å². The zero-order valence-electron chi connectivity index (χ0n) is 18.8. The number of anilines is 1. The maximum atomic E-state index is 13.5. The lowest BCUT2D eigenvalue weighted by Gasteiger charge is -2.32. The standard InChI is InChI=1S/C24H32N2O5/c1-6-31-24(30)19-15(4)9-10-17-20(19)23(29)26(16(5)12-27)21(17)22(28)25-18-11-13(2)7-8-14(18)3/h7-11,15-17,19-21,27H,6,12H2,1-5H3,(H,25,28)/t15-,16-,17+,19-,20-,21+/m1/s1. The number of fused-ring (bicyclic) bond motifs is 1. The van der Waals surface area contributed by atoms with Gasteiger partial charge in [-0.1, -0.05) is 31.2 Å². The second kappa shape index (κ2) is 9.22. The Labute approximate surface area is 183 Å². The molecule has 1 saturated heterocycles. The van der Waals surface area contributed by atoms with Crippen LogP contribution < -0.4 is 5.32 Å². The van der Waals surface area contributed by atoms with Crippen molar-refractivity contribution < 1.29 is 24.2 Å². The van der Waals surface area contributed by atoms with E-state index in [0.717, 1.165) is 11.1 Å². The molecule has 1 heterocycles. The zero-order chi connectivity index (χ0) is 22.9. The summed E-state index contributed by atoms with van der Waals surface area (Å²) < 4.78 is 5.26. The molecular formula is C24H32N2O5. The van der Waals surface area contributed by atoms with Crippen molar-refractivity contribution >= 4 is 23.5 Å². The highest BCUT2D eigenvalue weighted by Gasteiger charge is 2.58. The second-order valence-corrected chi connectivity index (χ2v) is 8.65. The normalized spacial score (nSPS) is 28.3. The summed E-state index contributed by atoms with van der Waals surface area (Å²) in [4.78, 5) is 41.1. The number of likely N-dealkylation sites (tertiary alicyclic amines) is 1. The molecule has 3 rings (SSSR count). The number of benzene rings is 1. The Morgan fingerprint density at radius 1 is 1.26 bits per heavy atom. The molecule has 0 spiro atoms. The van der Waals surface area contributed by atoms with Gasteiger partial charge in [-0.15, -0.1) is 0 Å². The summed E-state index contributed by atoms with van der Waals surface area (Å²) in [5, 5.41) is 12.8. The number of nitrogens with zero attached hydrogens (tertiary/aromatic N) is 1. The van der Waals surface area contributed by atoms with Crippen molar-refractivity contribution in [2.75, 3.05) is 18.5 Å². The fourth-order valence-corrected chi connectivity index (χ4v) is 4.78. The van der Waals surface area contributed by atoms with Crippen molar-refractivity contribution in [3.63, 3.8) is 0 Å². The molecule has 1 aliphatic carbocycles. The first-order valence-electron chi connectivity index (χ1n) is 10.9. The van der Waals surface area contributed by atoms with Crippen molar-refractivity contribution in [1.29, 1.82) is 0 Å². The summed E-state index contributed by atoms with van der Waals surface area (Å²) in [5.74, 6) is -3.04. The number of aliphatic hydroxyl groups excluding tert-OH is 1. The van der Waals surface area contributed by atoms with Crippen LogP contribution in [0.2, 0.25) is 0 Å². The van der Waals surface area contributed by atoms with Gasteiger partial charge in [-0.05, 0) is 50.8 Å². The first-order valence-corrected chi connectivity index (χ1v) is 10.9. The fraction of sp³-hybridized carbons (Fsp3) is 0.542. The topological polar surface area (TPSA) is 95.9 Å². The first kappa shape index (κ1) is 23.0. The van der Waals surface area contributed by atoms with Gasteiger partial charge in [0.15, 0.2) is 0 Å². The number of allylic oxidation sites excluding steroid dienone is 1. The van der Waals surface area contributed by atoms with E-state index in [2.05, 4.69) is 5.32 Å². The predicted octanol–water partition coefficient (Wildman–Crippen LogP) is 2.45. The highest BCUT2D eigenvalue weighted by Crippen LogP contribution is 2.45. The van der Waals surface area contributed by atoms with Crippen LogP contribution in [0.15, 0.2) is 30.4 Å². The lowest BCUT2D eigenvalue weighted by molar-refractivity contribution is -0.155. The molecule has 7 heteroatoms. The largest absolute Gasteiger partial charge is 0.466 e. The number of amides is 2. The van der Waals surface area contributed by atoms with E-state index in [4.69, 9.17) is 4.74 Å². The molecule has 0 aromatic heterocycles. The van der Waals surface area contributed by atoms with Gasteiger partial charge in [-0.3, -0.25) is 14.4 Å². The van der Waals surface area contributed by atoms with E-state index < -0.39 is 35.8 Å². The lowest BCUT2D eigenvalue weighted by Crippen LogP contribution is -2.49. The third-order valence-electron chi connectivity index (χ3n) is 6.43. The molecule has 2 aliphatic rings. The predicted molar refractivity (Wildman–Crippen MR) is 117 cm³/mol. The van der Waals surface area contributed by atoms with Crippen LogP contribution in [0.4, 0.5) is 5.69 Å². The monoisotopic (exact) mass is 428 g/mol. The number of aliphatic hydroxyl groups is 1. The van der Waals surface area contributed by atoms with Crippen molar-refractivity contribution in [1.82, 2.24) is 4.90 Å². The number of carbonyl (C=O) groups excluding carboxylic acids is 3. The number of nitrogens with one attached hydrogen (secondary N) is 1. The maximum Gasteiger partial charge on any atom is 0.310 e. The van der Waals surface area contributed by atoms with Crippen LogP contribution in [0.25, 0.3) is 0 Å². The van der Waals surface area contributed by atoms with Gasteiger partial charge in [0.25, 0.3) is 0 Å². The molecule has 1 aromatic rings. The maximum absolute atomic E-state index is 13.5. The minimum Gasteiger partial charge on any atom is -0.466 e. The molecular weight excluding hydrogens is 396 g/mol. The van der Waals surface area contributed by atoms with Crippen LogP contribution in [0.3, 0.4) is 0 Å². The molecule has 2 amide bonds. The Morgan fingerprint density at radius 2 is 1.97 bits per heavy atom. The van der Waals surface area contributed by atoms with E-state index >= 15 is 0 Å². The Hall–Kier alpha value is -2.67. The van der Waals surface area contributed by atoms with Crippen molar-refractivity contribution in [2.45, 2.75) is 46.7 Å². The van der Waals surface area contributed by atoms with Crippen LogP contribution in [-0.4, -0.2) is 53.1 Å². The molecule has 0 bridgehead atoms. The van der Waals surface area contributed by atoms with Crippen molar-refractivity contribution in [3.05, 3.63) is 41.5 Å². The Bertz CT molecular complexity index is 896. The number of aryl methyl sites for hydroxylation is 2. The van der Waals surface area contributed by atoms with Gasteiger partial charge in [0.2, 0.25) is 11.8 Å². The van der Waals surface area contributed by atoms with Gasteiger partial charge in [0, 0.05) is 11.6 Å². The minimum absolute atomic E-state index is 0.184. The average molecular weight is 429 g/mol. The van der Waals surface area contributed by atoms with E-state index in [1.807, 2.05) is 51.1 Å². The fourth-order valence-electron chi connectivity index (χ4n) is 4.78. The van der Waals surface area contributed by atoms with Gasteiger partial charge < -0.3 is 20.1 Å². The lowest BCUT2D eigenvalue weighted by atomic mass is 9.70. The molecule has 7 nitrogen and oxygen atoms in total. The molecule has 1 aliphatic heterocycles. The summed E-state index contributed by atoms with van der Waals surface area (Å²) >= 11 is 0. The summed E-state index contributed by atoms with van der Waals surface area (Å²) in [6.07, 6.45) is 3.77. The molecule has 0 saturated carbocycles. The van der Waals surface area contributed by atoms with Crippen LogP contribution in [0, 0.1) is 37.5 Å². The summed E-state index contributed by atoms with van der Waals surface area (Å²) in [6, 6.07) is 4.41. The molecule has 1 fully saturated rings. The molecule has 0 radical (unpaired) electrons. The number of hydrogen-bond donors (Lipinski definition) is 2. The number of hydrogen-bond acceptors (Lipinski definition) is 5. The Kier molecular flexibility index (Phi) is 6.84. The summed E-state index contributed by atoms with van der Waals surface area (Å²) in [6.45, 7) is 9.12. The second-order valence-electron chi connectivity index (χ2n) is 8.65. The highest BCUT2D eigenvalue weighted by atomic mass is 16.5. The van der Waals surface area contributed by atoms with Crippen LogP contribution >= 0.6 is 0 Å². The van der Waals surface area contributed by atoms with Crippen molar-refractivity contribution in [2.24, 2.45) is 23.7 Å². The van der Waals surface area contributed by atoms with Gasteiger partial charge in [0.05, 0.1) is 31.1 Å². The van der Waals surface area contributed by atoms with Crippen molar-refractivity contribution in [3.8, 4) is 0 Å². The number of rotatable bonds is 6. The summed E-state index contributed by atoms with van der Waals surface area (Å²) in [7, 11) is 0. The Morgan fingerprint density at radius 3 is 2.61 bits per heavy atom. The molecule has 0 unspecified atom stereocenters. The van der Waals surface area contributed by atoms with Gasteiger partial charge in [-0.2, -0.15) is 0 Å². The molecule has 168 valence electrons. The van der Waals surface area contributed by atoms with Crippen LogP contribution in [0.5, 0.6) is 0 Å². The quantitative estimate of drug-likeness (QED) is 0.536. The van der Waals surface area contributed by atoms with Crippen LogP contribution in [0.1, 0.15) is 31.9 Å². The first-order chi connectivity index (χ1) is 14.7. The minimum atomic E-state index is -0.819. The zero-order valence-corrected chi connectivity index (χ0v) is 18.8. The van der Waals surface area contributed by atoms with E-state index in [1.165, 1.54) is 4.90 Å². The third-order valence-corrected chi connectivity index (χ3v) is 6.43. The third kappa shape index (κ3) is 4.24. The Balaban J connectivity index is 2.00. The highest BCUT2D eigenvalue weighted by molar-refractivity contribution is 6.02. The summed E-state index contributed by atoms with van der Waals surface area (Å²) in [5.41, 5.74) is 2.61. The van der Waals surface area contributed by atoms with Crippen LogP contribution in [-0.2, 0) is 19.1 Å². The van der Waals surface area contributed by atoms with E-state index in [9.17, 15) is 19.5 Å². The number of ether oxygens (including phenoxy) is 1. The molecule has 31 heavy (non-hydrogen) atoms. The number of esters is 1. The van der Waals surface area contributed by atoms with Gasteiger partial charge in [-0.25, -0.2) is 0 Å².